The summed E-state index contributed by atoms with van der Waals surface area (Å²) < 4.78 is 0. The maximum atomic E-state index is 3.94. The molecule has 1 aliphatic carbocycles. The molecule has 1 N–H and O–H groups in total. The molecule has 0 aliphatic heterocycles. The van der Waals surface area contributed by atoms with E-state index in [1.807, 2.05) is 0 Å². The Balaban J connectivity index is 2.12. The average Bonchev–Trinajstić information content (AvgIpc) is 1.76. The van der Waals surface area contributed by atoms with Gasteiger partial charge in [0.15, 0.2) is 0 Å². The van der Waals surface area contributed by atoms with E-state index in [9.17, 15) is 0 Å². The summed E-state index contributed by atoms with van der Waals surface area (Å²) in [4.78, 5) is 0. The van der Waals surface area contributed by atoms with Gasteiger partial charge in [-0.25, -0.2) is 0 Å². The summed E-state index contributed by atoms with van der Waals surface area (Å²) in [6.45, 7) is 9.34. The molecule has 0 atom stereocenters. The Bertz CT molecular complexity index is 123. The molecule has 1 rings (SSSR count). The molecule has 0 aromatic heterocycles. The minimum Gasteiger partial charge on any atom is -0.314 e. The summed E-state index contributed by atoms with van der Waals surface area (Å²) in [5.74, 6) is 0.809. The highest BCUT2D eigenvalue weighted by atomic mass is 14.9. The van der Waals surface area contributed by atoms with Crippen molar-refractivity contribution < 1.29 is 0 Å². The van der Waals surface area contributed by atoms with Crippen molar-refractivity contribution in [1.29, 1.82) is 0 Å². The molecule has 0 spiro atoms. The Morgan fingerprint density at radius 1 is 1.60 bits per heavy atom. The Morgan fingerprint density at radius 2 is 2.20 bits per heavy atom. The number of allylic oxidation sites excluding steroid dienone is 1. The summed E-state index contributed by atoms with van der Waals surface area (Å²) in [5, 5.41) is 3.43. The monoisotopic (exact) mass is 139 g/mol. The predicted octanol–water partition coefficient (Wildman–Crippen LogP) is 1.95. The van der Waals surface area contributed by atoms with E-state index in [0.717, 1.165) is 18.5 Å². The first-order chi connectivity index (χ1) is 4.74. The zero-order chi connectivity index (χ0) is 7.56. The molecule has 0 unspecified atom stereocenters. The summed E-state index contributed by atoms with van der Waals surface area (Å²) >= 11 is 0. The quantitative estimate of drug-likeness (QED) is 0.589. The third-order valence-corrected chi connectivity index (χ3v) is 2.33. The van der Waals surface area contributed by atoms with Crippen LogP contribution in [0.15, 0.2) is 12.2 Å². The fourth-order valence-electron chi connectivity index (χ4n) is 1.48. The number of rotatable bonds is 3. The second-order valence-corrected chi connectivity index (χ2v) is 3.27. The van der Waals surface area contributed by atoms with Crippen molar-refractivity contribution >= 4 is 0 Å². The third-order valence-electron chi connectivity index (χ3n) is 2.33. The maximum absolute atomic E-state index is 3.94. The van der Waals surface area contributed by atoms with E-state index in [4.69, 9.17) is 0 Å². The van der Waals surface area contributed by atoms with Crippen LogP contribution in [0.25, 0.3) is 0 Å². The van der Waals surface area contributed by atoms with E-state index in [-0.39, 0.29) is 0 Å². The first kappa shape index (κ1) is 7.80. The van der Waals surface area contributed by atoms with Crippen LogP contribution >= 0.6 is 0 Å². The van der Waals surface area contributed by atoms with Crippen LogP contribution in [0.1, 0.15) is 26.7 Å². The minimum atomic E-state index is 0.784. The fourth-order valence-corrected chi connectivity index (χ4v) is 1.48. The Morgan fingerprint density at radius 3 is 2.60 bits per heavy atom. The smallest absolute Gasteiger partial charge is 0.00783 e. The van der Waals surface area contributed by atoms with Crippen LogP contribution in [0.4, 0.5) is 0 Å². The van der Waals surface area contributed by atoms with Crippen molar-refractivity contribution in [2.45, 2.75) is 32.7 Å². The summed E-state index contributed by atoms with van der Waals surface area (Å²) in [6, 6.07) is 0.784. The molecule has 0 aromatic rings. The molecule has 0 saturated heterocycles. The van der Waals surface area contributed by atoms with Gasteiger partial charge in [0.25, 0.3) is 0 Å². The standard InChI is InChI=1S/C9H17N/c1-4-10-9-5-8(6-9)7(2)3/h8-10H,2,4-6H2,1,3H3. The van der Waals surface area contributed by atoms with E-state index in [0.29, 0.717) is 0 Å². The van der Waals surface area contributed by atoms with Gasteiger partial charge in [0.1, 0.15) is 0 Å². The van der Waals surface area contributed by atoms with Crippen LogP contribution in [0.2, 0.25) is 0 Å². The topological polar surface area (TPSA) is 12.0 Å². The molecule has 0 heterocycles. The highest BCUT2D eigenvalue weighted by Crippen LogP contribution is 2.32. The number of hydrogen-bond donors (Lipinski definition) is 1. The molecule has 1 aliphatic rings. The Labute approximate surface area is 63.5 Å². The van der Waals surface area contributed by atoms with Crippen molar-refractivity contribution in [3.63, 3.8) is 0 Å². The molecule has 1 saturated carbocycles. The molecule has 10 heavy (non-hydrogen) atoms. The first-order valence-electron chi connectivity index (χ1n) is 4.12. The van der Waals surface area contributed by atoms with Crippen LogP contribution in [0.3, 0.4) is 0 Å². The van der Waals surface area contributed by atoms with E-state index in [2.05, 4.69) is 25.7 Å². The minimum absolute atomic E-state index is 0.784. The third kappa shape index (κ3) is 1.60. The molecular formula is C9H17N. The summed E-state index contributed by atoms with van der Waals surface area (Å²) in [6.07, 6.45) is 2.62. The maximum Gasteiger partial charge on any atom is 0.00783 e. The van der Waals surface area contributed by atoms with Gasteiger partial charge in [0.2, 0.25) is 0 Å². The van der Waals surface area contributed by atoms with Gasteiger partial charge in [-0.05, 0) is 32.2 Å². The molecular weight excluding hydrogens is 122 g/mol. The van der Waals surface area contributed by atoms with Crippen molar-refractivity contribution in [2.75, 3.05) is 6.54 Å². The van der Waals surface area contributed by atoms with Gasteiger partial charge in [-0.15, -0.1) is 0 Å². The van der Waals surface area contributed by atoms with Gasteiger partial charge < -0.3 is 5.32 Å². The lowest BCUT2D eigenvalue weighted by Gasteiger charge is -2.36. The SMILES string of the molecule is C=C(C)C1CC(NCC)C1. The molecule has 1 heteroatoms. The first-order valence-corrected chi connectivity index (χ1v) is 4.12. The lowest BCUT2D eigenvalue weighted by atomic mass is 9.76. The zero-order valence-corrected chi connectivity index (χ0v) is 6.98. The molecule has 1 fully saturated rings. The highest BCUT2D eigenvalue weighted by molar-refractivity contribution is 5.04. The molecule has 1 nitrogen and oxygen atoms in total. The van der Waals surface area contributed by atoms with E-state index in [1.165, 1.54) is 18.4 Å². The van der Waals surface area contributed by atoms with Crippen LogP contribution in [-0.2, 0) is 0 Å². The van der Waals surface area contributed by atoms with Gasteiger partial charge >= 0.3 is 0 Å². The van der Waals surface area contributed by atoms with Crippen LogP contribution in [-0.4, -0.2) is 12.6 Å². The van der Waals surface area contributed by atoms with Crippen molar-refractivity contribution in [1.82, 2.24) is 5.32 Å². The van der Waals surface area contributed by atoms with Gasteiger partial charge in [-0.2, -0.15) is 0 Å². The van der Waals surface area contributed by atoms with Crippen LogP contribution in [0.5, 0.6) is 0 Å². The average molecular weight is 139 g/mol. The van der Waals surface area contributed by atoms with Crippen molar-refractivity contribution in [3.8, 4) is 0 Å². The van der Waals surface area contributed by atoms with Crippen LogP contribution < -0.4 is 5.32 Å². The van der Waals surface area contributed by atoms with Gasteiger partial charge in [-0.1, -0.05) is 19.1 Å². The molecule has 0 aromatic carbocycles. The van der Waals surface area contributed by atoms with Crippen molar-refractivity contribution in [3.05, 3.63) is 12.2 Å². The molecule has 0 radical (unpaired) electrons. The van der Waals surface area contributed by atoms with Gasteiger partial charge in [-0.3, -0.25) is 0 Å². The number of nitrogens with one attached hydrogen (secondary N) is 1. The van der Waals surface area contributed by atoms with E-state index >= 15 is 0 Å². The predicted molar refractivity (Wildman–Crippen MR) is 45.0 cm³/mol. The number of hydrogen-bond acceptors (Lipinski definition) is 1. The summed E-state index contributed by atoms with van der Waals surface area (Å²) in [5.41, 5.74) is 1.36. The zero-order valence-electron chi connectivity index (χ0n) is 6.98. The normalized spacial score (nSPS) is 31.4. The molecule has 0 amide bonds. The highest BCUT2D eigenvalue weighted by Gasteiger charge is 2.28. The lowest BCUT2D eigenvalue weighted by molar-refractivity contribution is 0.261. The Kier molecular flexibility index (Phi) is 2.50. The van der Waals surface area contributed by atoms with E-state index < -0.39 is 0 Å². The fraction of sp³-hybridized carbons (Fsp3) is 0.778. The van der Waals surface area contributed by atoms with Gasteiger partial charge in [0, 0.05) is 6.04 Å². The Hall–Kier alpha value is -0.300. The molecule has 58 valence electrons. The molecule has 0 bridgehead atoms. The summed E-state index contributed by atoms with van der Waals surface area (Å²) in [7, 11) is 0. The van der Waals surface area contributed by atoms with Crippen molar-refractivity contribution in [2.24, 2.45) is 5.92 Å². The lowest BCUT2D eigenvalue weighted by Crippen LogP contribution is -2.41. The van der Waals surface area contributed by atoms with Gasteiger partial charge in [0.05, 0.1) is 0 Å². The van der Waals surface area contributed by atoms with Crippen LogP contribution in [0, 0.1) is 5.92 Å². The largest absolute Gasteiger partial charge is 0.314 e. The second-order valence-electron chi connectivity index (χ2n) is 3.27. The van der Waals surface area contributed by atoms with E-state index in [1.54, 1.807) is 0 Å². The second kappa shape index (κ2) is 3.20.